The lowest BCUT2D eigenvalue weighted by molar-refractivity contribution is -0.146. The van der Waals surface area contributed by atoms with Gasteiger partial charge in [-0.05, 0) is 6.92 Å². The Bertz CT molecular complexity index is 299. The standard InChI is InChI=1S/C7H10N2O4/c1-4(8)7(12)13-9-5(10)2-3-6(9)11/h2-4,10-11H,8H2,1H3/t4-/m0/s1. The lowest BCUT2D eigenvalue weighted by atomic mass is 10.4. The van der Waals surface area contributed by atoms with E-state index >= 15 is 0 Å². The molecule has 0 amide bonds. The first-order chi connectivity index (χ1) is 6.02. The Hall–Kier alpha value is -1.69. The number of carbonyl (C=O) groups is 1. The van der Waals surface area contributed by atoms with Crippen molar-refractivity contribution in [2.75, 3.05) is 0 Å². The fourth-order valence-corrected chi connectivity index (χ4v) is 0.668. The lowest BCUT2D eigenvalue weighted by Crippen LogP contribution is -2.34. The normalized spacial score (nSPS) is 12.5. The molecule has 0 unspecified atom stereocenters. The zero-order chi connectivity index (χ0) is 10.0. The molecule has 1 aromatic rings. The summed E-state index contributed by atoms with van der Waals surface area (Å²) in [6, 6.07) is 1.55. The molecule has 1 atom stereocenters. The maximum atomic E-state index is 10.9. The van der Waals surface area contributed by atoms with E-state index in [-0.39, 0.29) is 11.8 Å². The second kappa shape index (κ2) is 3.36. The summed E-state index contributed by atoms with van der Waals surface area (Å²) in [5.41, 5.74) is 5.20. The average molecular weight is 186 g/mol. The molecule has 13 heavy (non-hydrogen) atoms. The number of hydrogen-bond acceptors (Lipinski definition) is 5. The molecule has 72 valence electrons. The minimum Gasteiger partial charge on any atom is -0.492 e. The zero-order valence-electron chi connectivity index (χ0n) is 6.97. The van der Waals surface area contributed by atoms with Crippen molar-refractivity contribution in [3.63, 3.8) is 0 Å². The molecule has 1 rings (SSSR count). The van der Waals surface area contributed by atoms with Gasteiger partial charge in [-0.1, -0.05) is 0 Å². The quantitative estimate of drug-likeness (QED) is 0.561. The van der Waals surface area contributed by atoms with E-state index < -0.39 is 12.0 Å². The van der Waals surface area contributed by atoms with Crippen molar-refractivity contribution in [2.24, 2.45) is 5.73 Å². The van der Waals surface area contributed by atoms with Gasteiger partial charge >= 0.3 is 5.97 Å². The van der Waals surface area contributed by atoms with Crippen molar-refractivity contribution in [3.05, 3.63) is 12.1 Å². The predicted octanol–water partition coefficient (Wildman–Crippen LogP) is -0.798. The average Bonchev–Trinajstić information content (AvgIpc) is 2.35. The Morgan fingerprint density at radius 1 is 1.54 bits per heavy atom. The lowest BCUT2D eigenvalue weighted by Gasteiger charge is -2.08. The number of nitrogens with two attached hydrogens (primary N) is 1. The monoisotopic (exact) mass is 186 g/mol. The van der Waals surface area contributed by atoms with E-state index in [0.717, 1.165) is 0 Å². The van der Waals surface area contributed by atoms with Crippen LogP contribution in [0.15, 0.2) is 12.1 Å². The second-order valence-electron chi connectivity index (χ2n) is 2.54. The van der Waals surface area contributed by atoms with Crippen LogP contribution in [0.3, 0.4) is 0 Å². The molecule has 0 bridgehead atoms. The SMILES string of the molecule is C[C@H](N)C(=O)On1c(O)ccc1O. The molecule has 0 aromatic carbocycles. The van der Waals surface area contributed by atoms with Gasteiger partial charge in [0, 0.05) is 12.1 Å². The van der Waals surface area contributed by atoms with Crippen LogP contribution in [0.4, 0.5) is 0 Å². The summed E-state index contributed by atoms with van der Waals surface area (Å²) in [4.78, 5) is 15.5. The first-order valence-electron chi connectivity index (χ1n) is 3.60. The molecule has 0 radical (unpaired) electrons. The molecule has 0 aliphatic carbocycles. The summed E-state index contributed by atoms with van der Waals surface area (Å²) in [5.74, 6) is -1.49. The number of aromatic nitrogens is 1. The Balaban J connectivity index is 2.79. The molecule has 0 saturated carbocycles. The number of carbonyl (C=O) groups excluding carboxylic acids is 1. The molecule has 1 heterocycles. The van der Waals surface area contributed by atoms with E-state index in [4.69, 9.17) is 15.9 Å². The zero-order valence-corrected chi connectivity index (χ0v) is 6.97. The number of rotatable bonds is 2. The molecule has 0 saturated heterocycles. The second-order valence-corrected chi connectivity index (χ2v) is 2.54. The molecule has 0 aliphatic heterocycles. The van der Waals surface area contributed by atoms with Gasteiger partial charge < -0.3 is 20.8 Å². The highest BCUT2D eigenvalue weighted by atomic mass is 16.7. The van der Waals surface area contributed by atoms with Crippen molar-refractivity contribution in [1.82, 2.24) is 4.73 Å². The van der Waals surface area contributed by atoms with Crippen molar-refractivity contribution in [2.45, 2.75) is 13.0 Å². The van der Waals surface area contributed by atoms with Crippen molar-refractivity contribution >= 4 is 5.97 Å². The van der Waals surface area contributed by atoms with Crippen LogP contribution in [-0.2, 0) is 4.79 Å². The molecule has 0 aliphatic rings. The Morgan fingerprint density at radius 2 is 2.00 bits per heavy atom. The van der Waals surface area contributed by atoms with E-state index in [1.807, 2.05) is 0 Å². The third kappa shape index (κ3) is 1.91. The minimum absolute atomic E-state index is 0.369. The first kappa shape index (κ1) is 9.40. The fourth-order valence-electron chi connectivity index (χ4n) is 0.668. The number of hydrogen-bond donors (Lipinski definition) is 3. The Morgan fingerprint density at radius 3 is 2.38 bits per heavy atom. The topological polar surface area (TPSA) is 97.7 Å². The van der Waals surface area contributed by atoms with Crippen LogP contribution in [0.25, 0.3) is 0 Å². The molecular formula is C7H10N2O4. The summed E-state index contributed by atoms with van der Waals surface area (Å²) in [6.45, 7) is 1.43. The van der Waals surface area contributed by atoms with E-state index in [1.165, 1.54) is 19.1 Å². The summed E-state index contributed by atoms with van der Waals surface area (Å²) >= 11 is 0. The van der Waals surface area contributed by atoms with Crippen LogP contribution in [0.5, 0.6) is 11.8 Å². The number of nitrogens with zero attached hydrogens (tertiary/aromatic N) is 1. The van der Waals surface area contributed by atoms with Crippen molar-refractivity contribution in [1.29, 1.82) is 0 Å². The van der Waals surface area contributed by atoms with Gasteiger partial charge in [-0.25, -0.2) is 4.79 Å². The maximum Gasteiger partial charge on any atom is 0.349 e. The van der Waals surface area contributed by atoms with Gasteiger partial charge in [-0.15, -0.1) is 4.73 Å². The Kier molecular flexibility index (Phi) is 2.43. The van der Waals surface area contributed by atoms with Crippen LogP contribution in [0.2, 0.25) is 0 Å². The van der Waals surface area contributed by atoms with E-state index in [0.29, 0.717) is 4.73 Å². The highest BCUT2D eigenvalue weighted by Crippen LogP contribution is 2.18. The summed E-state index contributed by atoms with van der Waals surface area (Å²) < 4.78 is 0.589. The molecule has 1 aromatic heterocycles. The maximum absolute atomic E-state index is 10.9. The third-order valence-electron chi connectivity index (χ3n) is 1.35. The largest absolute Gasteiger partial charge is 0.492 e. The van der Waals surface area contributed by atoms with Gasteiger partial charge in [0.25, 0.3) is 0 Å². The van der Waals surface area contributed by atoms with E-state index in [1.54, 1.807) is 0 Å². The number of aromatic hydroxyl groups is 2. The van der Waals surface area contributed by atoms with E-state index in [2.05, 4.69) is 4.84 Å². The van der Waals surface area contributed by atoms with Gasteiger partial charge in [0.1, 0.15) is 6.04 Å². The van der Waals surface area contributed by atoms with Crippen LogP contribution in [0.1, 0.15) is 6.92 Å². The molecule has 0 spiro atoms. The minimum atomic E-state index is -0.818. The van der Waals surface area contributed by atoms with Gasteiger partial charge in [0.2, 0.25) is 11.8 Å². The predicted molar refractivity (Wildman–Crippen MR) is 43.0 cm³/mol. The molecule has 6 nitrogen and oxygen atoms in total. The van der Waals surface area contributed by atoms with Crippen molar-refractivity contribution < 1.29 is 19.8 Å². The van der Waals surface area contributed by atoms with Crippen molar-refractivity contribution in [3.8, 4) is 11.8 Å². The molecular weight excluding hydrogens is 176 g/mol. The van der Waals surface area contributed by atoms with Crippen LogP contribution in [-0.4, -0.2) is 27.0 Å². The van der Waals surface area contributed by atoms with Crippen LogP contribution in [0, 0.1) is 0 Å². The van der Waals surface area contributed by atoms with Crippen LogP contribution >= 0.6 is 0 Å². The highest BCUT2D eigenvalue weighted by Gasteiger charge is 2.14. The molecule has 6 heteroatoms. The van der Waals surface area contributed by atoms with E-state index in [9.17, 15) is 4.79 Å². The van der Waals surface area contributed by atoms with Gasteiger partial charge in [0.05, 0.1) is 0 Å². The summed E-state index contributed by atoms with van der Waals surface area (Å²) in [7, 11) is 0. The smallest absolute Gasteiger partial charge is 0.349 e. The van der Waals surface area contributed by atoms with Crippen LogP contribution < -0.4 is 10.6 Å². The fraction of sp³-hybridized carbons (Fsp3) is 0.286. The molecule has 4 N–H and O–H groups in total. The van der Waals surface area contributed by atoms with Gasteiger partial charge in [-0.3, -0.25) is 0 Å². The summed E-state index contributed by atoms with van der Waals surface area (Å²) in [5, 5.41) is 18.1. The molecule has 0 fully saturated rings. The van der Waals surface area contributed by atoms with Gasteiger partial charge in [0.15, 0.2) is 0 Å². The van der Waals surface area contributed by atoms with Gasteiger partial charge in [-0.2, -0.15) is 0 Å². The third-order valence-corrected chi connectivity index (χ3v) is 1.35. The Labute approximate surface area is 74.1 Å². The summed E-state index contributed by atoms with van der Waals surface area (Å²) in [6.07, 6.45) is 0. The highest BCUT2D eigenvalue weighted by molar-refractivity contribution is 5.75. The first-order valence-corrected chi connectivity index (χ1v) is 3.60.